The maximum absolute atomic E-state index is 12.7. The molecule has 4 nitrogen and oxygen atoms in total. The summed E-state index contributed by atoms with van der Waals surface area (Å²) in [6, 6.07) is 2.24. The normalized spacial score (nSPS) is 17.0. The molecule has 0 spiro atoms. The van der Waals surface area contributed by atoms with E-state index in [-0.39, 0.29) is 12.5 Å². The number of amides is 1. The highest BCUT2D eigenvalue weighted by atomic mass is 16.2. The quantitative estimate of drug-likeness (QED) is 0.839. The van der Waals surface area contributed by atoms with Crippen molar-refractivity contribution in [3.05, 3.63) is 29.6 Å². The van der Waals surface area contributed by atoms with Gasteiger partial charge in [0.25, 0.3) is 5.91 Å². The van der Waals surface area contributed by atoms with E-state index in [1.807, 2.05) is 11.0 Å². The zero-order valence-corrected chi connectivity index (χ0v) is 12.1. The molecule has 21 heavy (non-hydrogen) atoms. The topological polar surface area (TPSA) is 53.4 Å². The van der Waals surface area contributed by atoms with Gasteiger partial charge in [-0.1, -0.05) is 11.8 Å². The number of aliphatic hydroxyl groups is 1. The molecule has 1 aromatic rings. The van der Waals surface area contributed by atoms with Crippen molar-refractivity contribution in [3.8, 4) is 11.8 Å². The second kappa shape index (κ2) is 6.28. The Morgan fingerprint density at radius 3 is 2.81 bits per heavy atom. The lowest BCUT2D eigenvalue weighted by Crippen LogP contribution is -2.35. The Bertz CT molecular complexity index is 580. The summed E-state index contributed by atoms with van der Waals surface area (Å²) < 4.78 is 0. The lowest BCUT2D eigenvalue weighted by atomic mass is 10.1. The second-order valence-corrected chi connectivity index (χ2v) is 5.87. The Morgan fingerprint density at radius 2 is 2.14 bits per heavy atom. The van der Waals surface area contributed by atoms with Crippen LogP contribution in [0.3, 0.4) is 0 Å². The summed E-state index contributed by atoms with van der Waals surface area (Å²) >= 11 is 0. The van der Waals surface area contributed by atoms with Crippen molar-refractivity contribution < 1.29 is 9.90 Å². The van der Waals surface area contributed by atoms with Gasteiger partial charge in [0, 0.05) is 37.0 Å². The largest absolute Gasteiger partial charge is 0.395 e. The third-order valence-electron chi connectivity index (χ3n) is 3.86. The minimum Gasteiger partial charge on any atom is -0.395 e. The van der Waals surface area contributed by atoms with Crippen LogP contribution in [0.4, 0.5) is 0 Å². The molecule has 0 unspecified atom stereocenters. The standard InChI is InChI=1S/C17H20N2O2/c20-8-2-1-3-14-9-15(11-18-10-14)17(21)19(16-6-7-16)12-13-4-5-13/h9-11,13,16,20H,2,4-8,12H2. The van der Waals surface area contributed by atoms with Crippen LogP contribution in [-0.2, 0) is 0 Å². The van der Waals surface area contributed by atoms with Crippen LogP contribution in [0.2, 0.25) is 0 Å². The van der Waals surface area contributed by atoms with Crippen molar-refractivity contribution in [1.82, 2.24) is 9.88 Å². The molecule has 3 rings (SSSR count). The zero-order chi connectivity index (χ0) is 14.7. The molecule has 0 bridgehead atoms. The molecule has 0 aromatic carbocycles. The SMILES string of the molecule is O=C(c1cncc(C#CCCO)c1)N(CC1CC1)C1CC1. The summed E-state index contributed by atoms with van der Waals surface area (Å²) in [5.41, 5.74) is 1.36. The van der Waals surface area contributed by atoms with E-state index in [0.29, 0.717) is 23.9 Å². The molecule has 2 aliphatic carbocycles. The van der Waals surface area contributed by atoms with Crippen molar-refractivity contribution in [2.45, 2.75) is 38.1 Å². The molecular formula is C17H20N2O2. The first-order valence-corrected chi connectivity index (χ1v) is 7.63. The average molecular weight is 284 g/mol. The van der Waals surface area contributed by atoms with Gasteiger partial charge < -0.3 is 10.0 Å². The highest BCUT2D eigenvalue weighted by molar-refractivity contribution is 5.94. The summed E-state index contributed by atoms with van der Waals surface area (Å²) in [6.07, 6.45) is 8.48. The number of hydrogen-bond donors (Lipinski definition) is 1. The summed E-state index contributed by atoms with van der Waals surface area (Å²) in [5.74, 6) is 6.58. The van der Waals surface area contributed by atoms with E-state index >= 15 is 0 Å². The molecule has 1 heterocycles. The van der Waals surface area contributed by atoms with E-state index < -0.39 is 0 Å². The van der Waals surface area contributed by atoms with Crippen LogP contribution < -0.4 is 0 Å². The Kier molecular flexibility index (Phi) is 4.21. The number of pyridine rings is 1. The van der Waals surface area contributed by atoms with Crippen LogP contribution in [0.1, 0.15) is 48.0 Å². The van der Waals surface area contributed by atoms with Gasteiger partial charge in [-0.3, -0.25) is 9.78 Å². The molecule has 1 amide bonds. The van der Waals surface area contributed by atoms with Gasteiger partial charge in [-0.05, 0) is 37.7 Å². The molecule has 2 aliphatic rings. The zero-order valence-electron chi connectivity index (χ0n) is 12.1. The molecule has 0 aliphatic heterocycles. The van der Waals surface area contributed by atoms with E-state index in [4.69, 9.17) is 5.11 Å². The highest BCUT2D eigenvalue weighted by Gasteiger charge is 2.36. The number of hydrogen-bond acceptors (Lipinski definition) is 3. The van der Waals surface area contributed by atoms with Crippen LogP contribution in [0.5, 0.6) is 0 Å². The van der Waals surface area contributed by atoms with Crippen LogP contribution >= 0.6 is 0 Å². The fourth-order valence-electron chi connectivity index (χ4n) is 2.37. The first kappa shape index (κ1) is 14.1. The van der Waals surface area contributed by atoms with E-state index in [1.54, 1.807) is 12.4 Å². The van der Waals surface area contributed by atoms with Gasteiger partial charge in [0.15, 0.2) is 0 Å². The Labute approximate surface area is 125 Å². The molecule has 4 heteroatoms. The third kappa shape index (κ3) is 3.83. The number of carbonyl (C=O) groups is 1. The highest BCUT2D eigenvalue weighted by Crippen LogP contribution is 2.35. The van der Waals surface area contributed by atoms with E-state index in [2.05, 4.69) is 16.8 Å². The van der Waals surface area contributed by atoms with Gasteiger partial charge in [0.05, 0.1) is 12.2 Å². The van der Waals surface area contributed by atoms with Crippen LogP contribution in [0.25, 0.3) is 0 Å². The molecule has 0 atom stereocenters. The van der Waals surface area contributed by atoms with E-state index in [9.17, 15) is 4.79 Å². The van der Waals surface area contributed by atoms with Gasteiger partial charge in [-0.25, -0.2) is 0 Å². The number of rotatable bonds is 5. The molecule has 0 radical (unpaired) electrons. The third-order valence-corrected chi connectivity index (χ3v) is 3.86. The van der Waals surface area contributed by atoms with Crippen molar-refractivity contribution in [2.75, 3.05) is 13.2 Å². The van der Waals surface area contributed by atoms with Gasteiger partial charge >= 0.3 is 0 Å². The molecule has 1 aromatic heterocycles. The van der Waals surface area contributed by atoms with Gasteiger partial charge in [-0.2, -0.15) is 0 Å². The average Bonchev–Trinajstić information content (AvgIpc) is 3.38. The van der Waals surface area contributed by atoms with E-state index in [1.165, 1.54) is 12.8 Å². The van der Waals surface area contributed by atoms with Crippen molar-refractivity contribution in [2.24, 2.45) is 5.92 Å². The van der Waals surface area contributed by atoms with Gasteiger partial charge in [-0.15, -0.1) is 0 Å². The van der Waals surface area contributed by atoms with Crippen LogP contribution in [-0.4, -0.2) is 40.1 Å². The smallest absolute Gasteiger partial charge is 0.255 e. The number of aliphatic hydroxyl groups excluding tert-OH is 1. The molecular weight excluding hydrogens is 264 g/mol. The summed E-state index contributed by atoms with van der Waals surface area (Å²) in [6.45, 7) is 0.944. The first-order chi connectivity index (χ1) is 10.3. The number of nitrogens with zero attached hydrogens (tertiary/aromatic N) is 2. The molecule has 1 N–H and O–H groups in total. The van der Waals surface area contributed by atoms with Crippen LogP contribution in [0.15, 0.2) is 18.5 Å². The van der Waals surface area contributed by atoms with E-state index in [0.717, 1.165) is 24.9 Å². The first-order valence-electron chi connectivity index (χ1n) is 7.63. The molecule has 110 valence electrons. The number of carbonyl (C=O) groups excluding carboxylic acids is 1. The molecule has 0 saturated heterocycles. The Morgan fingerprint density at radius 1 is 1.33 bits per heavy atom. The fraction of sp³-hybridized carbons (Fsp3) is 0.529. The molecule has 2 fully saturated rings. The van der Waals surface area contributed by atoms with Gasteiger partial charge in [0.1, 0.15) is 0 Å². The monoisotopic (exact) mass is 284 g/mol. The van der Waals surface area contributed by atoms with Crippen molar-refractivity contribution in [1.29, 1.82) is 0 Å². The summed E-state index contributed by atoms with van der Waals surface area (Å²) in [4.78, 5) is 18.8. The van der Waals surface area contributed by atoms with Crippen LogP contribution in [0, 0.1) is 17.8 Å². The summed E-state index contributed by atoms with van der Waals surface area (Å²) in [7, 11) is 0. The molecule has 2 saturated carbocycles. The lowest BCUT2D eigenvalue weighted by Gasteiger charge is -2.22. The minimum atomic E-state index is 0.0515. The Hall–Kier alpha value is -1.86. The minimum absolute atomic E-state index is 0.0515. The van der Waals surface area contributed by atoms with Gasteiger partial charge in [0.2, 0.25) is 0 Å². The van der Waals surface area contributed by atoms with Crippen molar-refractivity contribution in [3.63, 3.8) is 0 Å². The lowest BCUT2D eigenvalue weighted by molar-refractivity contribution is 0.0734. The predicted molar refractivity (Wildman–Crippen MR) is 79.6 cm³/mol. The Balaban J connectivity index is 1.73. The fourth-order valence-corrected chi connectivity index (χ4v) is 2.37. The maximum atomic E-state index is 12.7. The predicted octanol–water partition coefficient (Wildman–Crippen LogP) is 1.83. The maximum Gasteiger partial charge on any atom is 0.255 e. The number of aromatic nitrogens is 1. The summed E-state index contributed by atoms with van der Waals surface area (Å²) in [5, 5.41) is 8.74. The van der Waals surface area contributed by atoms with Crippen molar-refractivity contribution >= 4 is 5.91 Å². The second-order valence-electron chi connectivity index (χ2n) is 5.87.